The highest BCUT2D eigenvalue weighted by molar-refractivity contribution is 5.92. The summed E-state index contributed by atoms with van der Waals surface area (Å²) >= 11 is 0. The molecule has 0 spiro atoms. The molecule has 3 aromatic heterocycles. The molecule has 0 saturated heterocycles. The number of rotatable bonds is 4. The third-order valence-electron chi connectivity index (χ3n) is 5.49. The van der Waals surface area contributed by atoms with Crippen LogP contribution in [-0.2, 0) is 30.4 Å². The van der Waals surface area contributed by atoms with Crippen molar-refractivity contribution in [2.45, 2.75) is 32.0 Å². The number of carbonyl (C=O) groups excluding carboxylic acids is 1. The van der Waals surface area contributed by atoms with Gasteiger partial charge in [-0.2, -0.15) is 18.3 Å². The maximum Gasteiger partial charge on any atom is 0.419 e. The minimum absolute atomic E-state index is 0.332. The molecule has 1 aliphatic rings. The molecule has 0 saturated carbocycles. The average molecular weight is 441 g/mol. The van der Waals surface area contributed by atoms with E-state index in [2.05, 4.69) is 25.0 Å². The molecule has 0 unspecified atom stereocenters. The second-order valence-corrected chi connectivity index (χ2v) is 7.59. The van der Waals surface area contributed by atoms with Gasteiger partial charge in [-0.15, -0.1) is 0 Å². The number of anilines is 2. The molecule has 0 atom stereocenters. The van der Waals surface area contributed by atoms with Crippen molar-refractivity contribution < 1.29 is 18.0 Å². The quantitative estimate of drug-likeness (QED) is 0.506. The van der Waals surface area contributed by atoms with Crippen LogP contribution in [0.5, 0.6) is 0 Å². The molecule has 0 radical (unpaired) electrons. The van der Waals surface area contributed by atoms with Crippen LogP contribution in [0, 0.1) is 0 Å². The number of nitrogen functional groups attached to an aromatic ring is 1. The number of nitrogens with zero attached hydrogens (tertiary/aromatic N) is 5. The average Bonchev–Trinajstić information content (AvgIpc) is 3.45. The van der Waals surface area contributed by atoms with Gasteiger partial charge in [0.2, 0.25) is 5.91 Å². The number of fused-ring (bicyclic) bond motifs is 3. The number of carbonyl (C=O) groups is 1. The van der Waals surface area contributed by atoms with Crippen LogP contribution < -0.4 is 11.1 Å². The summed E-state index contributed by atoms with van der Waals surface area (Å²) in [4.78, 5) is 20.8. The first kappa shape index (κ1) is 20.0. The van der Waals surface area contributed by atoms with E-state index in [9.17, 15) is 18.0 Å². The van der Waals surface area contributed by atoms with E-state index < -0.39 is 17.6 Å². The van der Waals surface area contributed by atoms with E-state index in [1.807, 2.05) is 12.1 Å². The van der Waals surface area contributed by atoms with Crippen LogP contribution in [0.2, 0.25) is 0 Å². The van der Waals surface area contributed by atoms with Gasteiger partial charge in [0, 0.05) is 23.3 Å². The summed E-state index contributed by atoms with van der Waals surface area (Å²) in [5, 5.41) is 6.26. The Balaban J connectivity index is 1.37. The maximum absolute atomic E-state index is 12.7. The van der Waals surface area contributed by atoms with Crippen molar-refractivity contribution in [3.8, 4) is 5.69 Å². The first-order valence-electron chi connectivity index (χ1n) is 9.94. The van der Waals surface area contributed by atoms with Gasteiger partial charge in [0.05, 0.1) is 17.3 Å². The van der Waals surface area contributed by atoms with Gasteiger partial charge in [-0.3, -0.25) is 9.48 Å². The molecule has 3 heterocycles. The summed E-state index contributed by atoms with van der Waals surface area (Å²) in [7, 11) is 0. The Morgan fingerprint density at radius 1 is 1.16 bits per heavy atom. The van der Waals surface area contributed by atoms with Gasteiger partial charge in [-0.25, -0.2) is 9.97 Å². The summed E-state index contributed by atoms with van der Waals surface area (Å²) in [6.07, 6.45) is 1.35. The predicted molar refractivity (Wildman–Crippen MR) is 111 cm³/mol. The second kappa shape index (κ2) is 7.36. The van der Waals surface area contributed by atoms with Gasteiger partial charge < -0.3 is 15.6 Å². The van der Waals surface area contributed by atoms with Crippen LogP contribution in [0.25, 0.3) is 16.7 Å². The molecular weight excluding hydrogens is 423 g/mol. The molecule has 11 heteroatoms. The van der Waals surface area contributed by atoms with Crippen molar-refractivity contribution >= 4 is 28.4 Å². The van der Waals surface area contributed by atoms with Crippen LogP contribution >= 0.6 is 0 Å². The second-order valence-electron chi connectivity index (χ2n) is 7.59. The number of amides is 1. The molecule has 5 rings (SSSR count). The fourth-order valence-electron chi connectivity index (χ4n) is 4.12. The van der Waals surface area contributed by atoms with E-state index in [0.717, 1.165) is 52.6 Å². The highest BCUT2D eigenvalue weighted by Crippen LogP contribution is 2.36. The van der Waals surface area contributed by atoms with E-state index in [1.54, 1.807) is 12.1 Å². The van der Waals surface area contributed by atoms with E-state index in [1.165, 1.54) is 11.9 Å². The van der Waals surface area contributed by atoms with Crippen molar-refractivity contribution in [3.63, 3.8) is 0 Å². The van der Waals surface area contributed by atoms with Crippen LogP contribution in [0.4, 0.5) is 24.7 Å². The molecule has 0 fully saturated rings. The molecule has 0 aliphatic heterocycles. The lowest BCUT2D eigenvalue weighted by atomic mass is 10.2. The van der Waals surface area contributed by atoms with Gasteiger partial charge in [-0.05, 0) is 49.1 Å². The Morgan fingerprint density at radius 3 is 2.66 bits per heavy atom. The van der Waals surface area contributed by atoms with Crippen molar-refractivity contribution in [3.05, 3.63) is 59.8 Å². The Kier molecular flexibility index (Phi) is 4.61. The molecule has 164 valence electrons. The Labute approximate surface area is 179 Å². The highest BCUT2D eigenvalue weighted by atomic mass is 19.4. The maximum atomic E-state index is 12.7. The number of nitrogens with one attached hydrogen (secondary N) is 1. The number of hydrogen-bond donors (Lipinski definition) is 2. The number of hydrogen-bond acceptors (Lipinski definition) is 5. The smallest absolute Gasteiger partial charge is 0.382 e. The number of benzene rings is 1. The summed E-state index contributed by atoms with van der Waals surface area (Å²) in [5.41, 5.74) is 10.6. The van der Waals surface area contributed by atoms with E-state index in [-0.39, 0.29) is 6.54 Å². The Bertz CT molecular complexity index is 1320. The third kappa shape index (κ3) is 3.45. The van der Waals surface area contributed by atoms with Gasteiger partial charge in [0.15, 0.2) is 5.82 Å². The van der Waals surface area contributed by atoms with Gasteiger partial charge in [0.1, 0.15) is 18.4 Å². The fourth-order valence-corrected chi connectivity index (χ4v) is 4.12. The number of nitrogens with two attached hydrogens (primary N) is 1. The zero-order chi connectivity index (χ0) is 22.5. The van der Waals surface area contributed by atoms with Gasteiger partial charge in [-0.1, -0.05) is 0 Å². The van der Waals surface area contributed by atoms with Crippen LogP contribution in [0.15, 0.2) is 43.0 Å². The largest absolute Gasteiger partial charge is 0.419 e. The third-order valence-corrected chi connectivity index (χ3v) is 5.49. The first-order valence-corrected chi connectivity index (χ1v) is 9.94. The van der Waals surface area contributed by atoms with Crippen molar-refractivity contribution in [2.75, 3.05) is 11.1 Å². The fraction of sp³-hybridized carbons (Fsp3) is 0.238. The van der Waals surface area contributed by atoms with Crippen LogP contribution in [-0.4, -0.2) is 30.2 Å². The van der Waals surface area contributed by atoms with Crippen molar-refractivity contribution in [1.29, 1.82) is 0 Å². The summed E-state index contributed by atoms with van der Waals surface area (Å²) in [5.74, 6) is -0.0845. The summed E-state index contributed by atoms with van der Waals surface area (Å²) in [6, 6.07) is 7.14. The molecular formula is C21H18F3N7O. The lowest BCUT2D eigenvalue weighted by Gasteiger charge is -2.12. The van der Waals surface area contributed by atoms with E-state index in [4.69, 9.17) is 5.73 Å². The Hall–Kier alpha value is -3.89. The summed E-state index contributed by atoms with van der Waals surface area (Å²) < 4.78 is 41.0. The zero-order valence-corrected chi connectivity index (χ0v) is 16.7. The monoisotopic (exact) mass is 441 g/mol. The van der Waals surface area contributed by atoms with Crippen molar-refractivity contribution in [1.82, 2.24) is 24.3 Å². The number of halogens is 3. The molecule has 1 aromatic carbocycles. The molecule has 1 amide bonds. The minimum atomic E-state index is -4.50. The molecule has 1 aliphatic carbocycles. The lowest BCUT2D eigenvalue weighted by molar-refractivity contribution is -0.137. The van der Waals surface area contributed by atoms with Crippen LogP contribution in [0.3, 0.4) is 0 Å². The lowest BCUT2D eigenvalue weighted by Crippen LogP contribution is -2.19. The number of aryl methyl sites for hydroxylation is 1. The molecule has 3 N–H and O–H groups in total. The SMILES string of the molecule is Nc1ncnc2c3c(n(-c4ccc(NC(=O)Cn5cc(C(F)(F)F)cn5)cc4)c12)CCC3. The molecule has 0 bridgehead atoms. The minimum Gasteiger partial charge on any atom is -0.382 e. The van der Waals surface area contributed by atoms with Crippen molar-refractivity contribution in [2.24, 2.45) is 0 Å². The molecule has 4 aromatic rings. The number of aromatic nitrogens is 5. The van der Waals surface area contributed by atoms with Gasteiger partial charge >= 0.3 is 6.18 Å². The Morgan fingerprint density at radius 2 is 1.94 bits per heavy atom. The number of alkyl halides is 3. The molecule has 32 heavy (non-hydrogen) atoms. The first-order chi connectivity index (χ1) is 15.3. The van der Waals surface area contributed by atoms with Crippen LogP contribution in [0.1, 0.15) is 23.2 Å². The zero-order valence-electron chi connectivity index (χ0n) is 16.7. The van der Waals surface area contributed by atoms with E-state index in [0.29, 0.717) is 17.7 Å². The standard InChI is InChI=1S/C21H18F3N7O/c22-21(23,24)12-8-28-30(9-12)10-17(32)29-13-4-6-14(7-5-13)31-16-3-1-2-15(16)18-19(31)20(25)27-11-26-18/h4-9,11H,1-3,10H2,(H,29,32)(H2,25,26,27). The highest BCUT2D eigenvalue weighted by Gasteiger charge is 2.32. The van der Waals surface area contributed by atoms with E-state index >= 15 is 0 Å². The summed E-state index contributed by atoms with van der Waals surface area (Å²) in [6.45, 7) is -0.332. The normalized spacial score (nSPS) is 13.5. The molecule has 8 nitrogen and oxygen atoms in total. The topological polar surface area (TPSA) is 104 Å². The van der Waals surface area contributed by atoms with Gasteiger partial charge in [0.25, 0.3) is 0 Å². The predicted octanol–water partition coefficient (Wildman–Crippen LogP) is 3.35.